The fourth-order valence-corrected chi connectivity index (χ4v) is 3.23. The molecule has 1 atom stereocenters. The van der Waals surface area contributed by atoms with Crippen molar-refractivity contribution in [1.82, 2.24) is 5.32 Å². The highest BCUT2D eigenvalue weighted by Crippen LogP contribution is 2.42. The van der Waals surface area contributed by atoms with Crippen LogP contribution in [0.1, 0.15) is 56.6 Å². The van der Waals surface area contributed by atoms with Crippen molar-refractivity contribution in [3.8, 4) is 16.9 Å². The number of aliphatic hydroxyl groups is 1. The number of carbonyl (C=O) groups is 3. The largest absolute Gasteiger partial charge is 0.496 e. The van der Waals surface area contributed by atoms with Crippen molar-refractivity contribution in [3.05, 3.63) is 52.6 Å². The van der Waals surface area contributed by atoms with Crippen LogP contribution in [0.25, 0.3) is 11.1 Å². The normalized spacial score (nSPS) is 13.8. The Hall–Kier alpha value is -3.19. The number of carbonyl (C=O) groups excluding carboxylic acids is 3. The van der Waals surface area contributed by atoms with Gasteiger partial charge in [0.2, 0.25) is 0 Å². The summed E-state index contributed by atoms with van der Waals surface area (Å²) in [7, 11) is 1.43. The Bertz CT molecular complexity index is 948. The molecule has 27 heavy (non-hydrogen) atoms. The zero-order valence-electron chi connectivity index (χ0n) is 15.2. The van der Waals surface area contributed by atoms with Crippen LogP contribution in [-0.2, 0) is 4.74 Å². The molecule has 1 heterocycles. The van der Waals surface area contributed by atoms with Crippen molar-refractivity contribution in [2.75, 3.05) is 13.7 Å². The second-order valence-corrected chi connectivity index (χ2v) is 6.01. The van der Waals surface area contributed by atoms with Crippen LogP contribution in [0.4, 0.5) is 0 Å². The predicted octanol–water partition coefficient (Wildman–Crippen LogP) is 2.48. The van der Waals surface area contributed by atoms with E-state index in [1.807, 2.05) is 0 Å². The molecular formula is C20H19NO6. The van der Waals surface area contributed by atoms with Gasteiger partial charge in [0.25, 0.3) is 11.8 Å². The smallest absolute Gasteiger partial charge is 0.338 e. The number of imide groups is 1. The maximum atomic E-state index is 12.5. The van der Waals surface area contributed by atoms with E-state index in [1.54, 1.807) is 38.1 Å². The number of benzene rings is 2. The number of rotatable bonds is 5. The Morgan fingerprint density at radius 2 is 1.85 bits per heavy atom. The SMILES string of the molecule is CCOC(=O)c1cccc(OC)c1-c1c(C(C)O)ccc2c1C(=O)NC2=O. The number of fused-ring (bicyclic) bond motifs is 1. The van der Waals surface area contributed by atoms with Crippen LogP contribution >= 0.6 is 0 Å². The number of esters is 1. The summed E-state index contributed by atoms with van der Waals surface area (Å²) in [5.74, 6) is -1.39. The van der Waals surface area contributed by atoms with Crippen LogP contribution in [0.5, 0.6) is 5.75 Å². The summed E-state index contributed by atoms with van der Waals surface area (Å²) in [5.41, 5.74) is 1.45. The summed E-state index contributed by atoms with van der Waals surface area (Å²) >= 11 is 0. The topological polar surface area (TPSA) is 102 Å². The van der Waals surface area contributed by atoms with Crippen LogP contribution in [0.3, 0.4) is 0 Å². The summed E-state index contributed by atoms with van der Waals surface area (Å²) < 4.78 is 10.6. The van der Waals surface area contributed by atoms with Gasteiger partial charge in [0.05, 0.1) is 36.5 Å². The number of hydrogen-bond acceptors (Lipinski definition) is 6. The highest BCUT2D eigenvalue weighted by Gasteiger charge is 2.34. The van der Waals surface area contributed by atoms with Crippen molar-refractivity contribution in [3.63, 3.8) is 0 Å². The third kappa shape index (κ3) is 3.06. The molecule has 0 aromatic heterocycles. The van der Waals surface area contributed by atoms with Gasteiger partial charge in [0.1, 0.15) is 5.75 Å². The first kappa shape index (κ1) is 18.6. The summed E-state index contributed by atoms with van der Waals surface area (Å²) in [6.45, 7) is 3.40. The Kier molecular flexibility index (Phi) is 4.96. The van der Waals surface area contributed by atoms with Crippen molar-refractivity contribution in [1.29, 1.82) is 0 Å². The molecule has 0 aliphatic carbocycles. The lowest BCUT2D eigenvalue weighted by Crippen LogP contribution is -2.20. The maximum Gasteiger partial charge on any atom is 0.338 e. The van der Waals surface area contributed by atoms with Gasteiger partial charge in [-0.25, -0.2) is 4.79 Å². The highest BCUT2D eigenvalue weighted by molar-refractivity contribution is 6.25. The van der Waals surface area contributed by atoms with E-state index in [1.165, 1.54) is 13.2 Å². The van der Waals surface area contributed by atoms with E-state index in [9.17, 15) is 19.5 Å². The van der Waals surface area contributed by atoms with Crippen molar-refractivity contribution >= 4 is 17.8 Å². The first-order valence-electron chi connectivity index (χ1n) is 8.45. The van der Waals surface area contributed by atoms with Gasteiger partial charge in [-0.2, -0.15) is 0 Å². The van der Waals surface area contributed by atoms with Crippen LogP contribution in [0.2, 0.25) is 0 Å². The highest BCUT2D eigenvalue weighted by atomic mass is 16.5. The fraction of sp³-hybridized carbons (Fsp3) is 0.250. The van der Waals surface area contributed by atoms with Gasteiger partial charge in [-0.15, -0.1) is 0 Å². The molecule has 7 nitrogen and oxygen atoms in total. The molecule has 0 saturated carbocycles. The first-order valence-corrected chi connectivity index (χ1v) is 8.45. The number of hydrogen-bond donors (Lipinski definition) is 2. The lowest BCUT2D eigenvalue weighted by Gasteiger charge is -2.20. The zero-order chi connectivity index (χ0) is 19.7. The number of aliphatic hydroxyl groups excluding tert-OH is 1. The Labute approximate surface area is 155 Å². The van der Waals surface area contributed by atoms with E-state index in [4.69, 9.17) is 9.47 Å². The molecular weight excluding hydrogens is 350 g/mol. The first-order chi connectivity index (χ1) is 12.9. The van der Waals surface area contributed by atoms with Crippen LogP contribution < -0.4 is 10.1 Å². The number of amides is 2. The van der Waals surface area contributed by atoms with Gasteiger partial charge in [-0.05, 0) is 37.6 Å². The molecule has 0 saturated heterocycles. The van der Waals surface area contributed by atoms with Gasteiger partial charge in [-0.1, -0.05) is 12.1 Å². The molecule has 1 unspecified atom stereocenters. The Morgan fingerprint density at radius 1 is 1.11 bits per heavy atom. The van der Waals surface area contributed by atoms with Gasteiger partial charge in [-0.3, -0.25) is 14.9 Å². The quantitative estimate of drug-likeness (QED) is 0.620. The number of ether oxygens (including phenoxy) is 2. The average molecular weight is 369 g/mol. The van der Waals surface area contributed by atoms with Gasteiger partial charge in [0, 0.05) is 11.1 Å². The van der Waals surface area contributed by atoms with Crippen molar-refractivity contribution < 1.29 is 29.0 Å². The Balaban J connectivity index is 2.43. The molecule has 1 aliphatic rings. The summed E-state index contributed by atoms with van der Waals surface area (Å²) in [5, 5.41) is 12.5. The molecule has 3 rings (SSSR count). The van der Waals surface area contributed by atoms with Gasteiger partial charge in [0.15, 0.2) is 0 Å². The minimum absolute atomic E-state index is 0.105. The van der Waals surface area contributed by atoms with E-state index < -0.39 is 23.9 Å². The Morgan fingerprint density at radius 3 is 2.48 bits per heavy atom. The summed E-state index contributed by atoms with van der Waals surface area (Å²) in [4.78, 5) is 37.1. The standard InChI is InChI=1S/C20H19NO6/c1-4-27-20(25)13-6-5-7-14(26-3)15(13)16-11(10(2)22)8-9-12-17(16)19(24)21-18(12)23/h5-10,22H,4H2,1-3H3,(H,21,23,24). The van der Waals surface area contributed by atoms with E-state index in [2.05, 4.69) is 5.32 Å². The minimum atomic E-state index is -0.950. The molecule has 0 fully saturated rings. The lowest BCUT2D eigenvalue weighted by molar-refractivity contribution is 0.0526. The van der Waals surface area contributed by atoms with Crippen LogP contribution in [0, 0.1) is 0 Å². The molecule has 7 heteroatoms. The number of nitrogens with one attached hydrogen (secondary N) is 1. The van der Waals surface area contributed by atoms with Gasteiger partial charge >= 0.3 is 5.97 Å². The predicted molar refractivity (Wildman–Crippen MR) is 96.8 cm³/mol. The minimum Gasteiger partial charge on any atom is -0.496 e. The molecule has 2 aromatic carbocycles. The average Bonchev–Trinajstić information content (AvgIpc) is 2.94. The zero-order valence-corrected chi connectivity index (χ0v) is 15.2. The summed E-state index contributed by atoms with van der Waals surface area (Å²) in [6.07, 6.45) is -0.950. The summed E-state index contributed by atoms with van der Waals surface area (Å²) in [6, 6.07) is 7.87. The van der Waals surface area contributed by atoms with E-state index in [0.717, 1.165) is 0 Å². The molecule has 1 aliphatic heterocycles. The second-order valence-electron chi connectivity index (χ2n) is 6.01. The monoisotopic (exact) mass is 369 g/mol. The molecule has 2 N–H and O–H groups in total. The fourth-order valence-electron chi connectivity index (χ4n) is 3.23. The van der Waals surface area contributed by atoms with E-state index in [-0.39, 0.29) is 28.9 Å². The molecule has 0 bridgehead atoms. The third-order valence-corrected chi connectivity index (χ3v) is 4.38. The van der Waals surface area contributed by atoms with E-state index in [0.29, 0.717) is 16.9 Å². The van der Waals surface area contributed by atoms with E-state index >= 15 is 0 Å². The number of methoxy groups -OCH3 is 1. The third-order valence-electron chi connectivity index (χ3n) is 4.38. The van der Waals surface area contributed by atoms with Crippen LogP contribution in [-0.4, -0.2) is 36.6 Å². The van der Waals surface area contributed by atoms with Gasteiger partial charge < -0.3 is 14.6 Å². The molecule has 140 valence electrons. The van der Waals surface area contributed by atoms with Crippen molar-refractivity contribution in [2.24, 2.45) is 0 Å². The second kappa shape index (κ2) is 7.20. The molecule has 2 amide bonds. The van der Waals surface area contributed by atoms with Crippen molar-refractivity contribution in [2.45, 2.75) is 20.0 Å². The molecule has 0 spiro atoms. The molecule has 0 radical (unpaired) electrons. The molecule has 2 aromatic rings. The maximum absolute atomic E-state index is 12.5. The van der Waals surface area contributed by atoms with Crippen LogP contribution in [0.15, 0.2) is 30.3 Å². The lowest BCUT2D eigenvalue weighted by atomic mass is 9.86.